The Morgan fingerprint density at radius 3 is 2.00 bits per heavy atom. The Morgan fingerprint density at radius 2 is 1.59 bits per heavy atom. The molecule has 0 aromatic heterocycles. The van der Waals surface area contributed by atoms with Crippen LogP contribution in [0.3, 0.4) is 0 Å². The van der Waals surface area contributed by atoms with Crippen LogP contribution in [0.2, 0.25) is 0 Å². The van der Waals surface area contributed by atoms with Gasteiger partial charge in [0.15, 0.2) is 0 Å². The molecule has 2 amide bonds. The number of carbonyl (C=O) groups excluding carboxylic acids is 2. The zero-order valence-electron chi connectivity index (χ0n) is 8.44. The topological polar surface area (TPSA) is 46.6 Å². The molecule has 3 aliphatic rings. The molecule has 4 nitrogen and oxygen atoms in total. The van der Waals surface area contributed by atoms with Crippen molar-refractivity contribution in [1.29, 1.82) is 0 Å². The summed E-state index contributed by atoms with van der Waals surface area (Å²) in [7, 11) is 0. The number of halogens is 3. The van der Waals surface area contributed by atoms with Crippen LogP contribution in [0, 0.1) is 11.8 Å². The lowest BCUT2D eigenvalue weighted by Gasteiger charge is -2.19. The van der Waals surface area contributed by atoms with Crippen LogP contribution in [0.15, 0.2) is 0 Å². The van der Waals surface area contributed by atoms with Crippen LogP contribution in [-0.4, -0.2) is 31.5 Å². The summed E-state index contributed by atoms with van der Waals surface area (Å²) in [6.45, 7) is 0. The van der Waals surface area contributed by atoms with Crippen molar-refractivity contribution in [3.63, 3.8) is 0 Å². The number of rotatable bonds is 1. The van der Waals surface area contributed by atoms with E-state index in [2.05, 4.69) is 0 Å². The minimum atomic E-state index is -1.70. The largest absolute Gasteiger partial charge is 0.373 e. The van der Waals surface area contributed by atoms with Crippen LogP contribution >= 0.6 is 46.8 Å². The van der Waals surface area contributed by atoms with Gasteiger partial charge in [0.2, 0.25) is 11.8 Å². The summed E-state index contributed by atoms with van der Waals surface area (Å²) >= 11 is 17.5. The average Bonchev–Trinajstić information content (AvgIpc) is 2.86. The van der Waals surface area contributed by atoms with E-state index in [1.165, 1.54) is 0 Å². The normalized spacial score (nSPS) is 40.3. The molecule has 0 aliphatic carbocycles. The van der Waals surface area contributed by atoms with Gasteiger partial charge in [-0.15, -0.1) is 0 Å². The van der Waals surface area contributed by atoms with Crippen LogP contribution in [0.5, 0.6) is 0 Å². The van der Waals surface area contributed by atoms with E-state index >= 15 is 0 Å². The fourth-order valence-corrected chi connectivity index (χ4v) is 4.13. The second-order valence-corrected chi connectivity index (χ2v) is 8.46. The Hall–Kier alpha value is 0.320. The molecule has 3 rings (SSSR count). The summed E-state index contributed by atoms with van der Waals surface area (Å²) in [5, 5.41) is 0. The molecule has 0 aromatic rings. The smallest absolute Gasteiger partial charge is 0.256 e. The average molecular weight is 317 g/mol. The van der Waals surface area contributed by atoms with E-state index in [0.717, 1.165) is 17.1 Å². The second kappa shape index (κ2) is 3.90. The number of amides is 2. The van der Waals surface area contributed by atoms with Crippen LogP contribution < -0.4 is 0 Å². The minimum Gasteiger partial charge on any atom is -0.373 e. The van der Waals surface area contributed by atoms with Gasteiger partial charge in [0.05, 0.1) is 24.0 Å². The van der Waals surface area contributed by atoms with Gasteiger partial charge in [-0.05, 0) is 12.8 Å². The molecule has 0 unspecified atom stereocenters. The molecule has 3 saturated heterocycles. The third-order valence-electron chi connectivity index (χ3n) is 3.44. The highest BCUT2D eigenvalue weighted by Gasteiger charge is 2.63. The maximum absolute atomic E-state index is 12.1. The van der Waals surface area contributed by atoms with Gasteiger partial charge in [-0.25, -0.2) is 4.31 Å². The summed E-state index contributed by atoms with van der Waals surface area (Å²) in [5.41, 5.74) is 0. The summed E-state index contributed by atoms with van der Waals surface area (Å²) in [5.74, 6) is -1.32. The number of nitrogens with zero attached hydrogens (tertiary/aromatic N) is 1. The number of hydrogen-bond donors (Lipinski definition) is 0. The first-order valence-corrected chi connectivity index (χ1v) is 7.08. The van der Waals surface area contributed by atoms with E-state index in [-0.39, 0.29) is 35.9 Å². The van der Waals surface area contributed by atoms with E-state index < -0.39 is 3.12 Å². The second-order valence-electron chi connectivity index (χ2n) is 4.35. The molecule has 3 aliphatic heterocycles. The lowest BCUT2D eigenvalue weighted by atomic mass is 9.81. The number of hydrogen-bond acceptors (Lipinski definition) is 4. The fraction of sp³-hybridized carbons (Fsp3) is 0.778. The maximum Gasteiger partial charge on any atom is 0.256 e. The fourth-order valence-electron chi connectivity index (χ4n) is 2.88. The number of carbonyl (C=O) groups is 2. The first-order chi connectivity index (χ1) is 7.88. The molecule has 3 heterocycles. The molecule has 17 heavy (non-hydrogen) atoms. The molecular formula is C9H8Cl3NO3S. The molecule has 94 valence electrons. The first kappa shape index (κ1) is 12.4. The molecule has 0 saturated carbocycles. The van der Waals surface area contributed by atoms with Gasteiger partial charge in [0.1, 0.15) is 0 Å². The van der Waals surface area contributed by atoms with Crippen LogP contribution in [0.1, 0.15) is 12.8 Å². The SMILES string of the molecule is O=C1[C@@H]2[C@H](C(=O)N1SC(Cl)(Cl)Cl)[C@H]1CC[C@@H]2O1. The highest BCUT2D eigenvalue weighted by atomic mass is 35.6. The Labute approximate surface area is 117 Å². The number of fused-ring (bicyclic) bond motifs is 5. The highest BCUT2D eigenvalue weighted by molar-refractivity contribution is 8.03. The lowest BCUT2D eigenvalue weighted by molar-refractivity contribution is -0.135. The van der Waals surface area contributed by atoms with Crippen molar-refractivity contribution in [1.82, 2.24) is 4.31 Å². The van der Waals surface area contributed by atoms with E-state index in [9.17, 15) is 9.59 Å². The molecule has 0 N–H and O–H groups in total. The van der Waals surface area contributed by atoms with Crippen molar-refractivity contribution in [2.75, 3.05) is 0 Å². The summed E-state index contributed by atoms with van der Waals surface area (Å²) in [6, 6.07) is 0. The Morgan fingerprint density at radius 1 is 1.12 bits per heavy atom. The first-order valence-electron chi connectivity index (χ1n) is 5.17. The van der Waals surface area contributed by atoms with Crippen molar-refractivity contribution in [2.24, 2.45) is 11.8 Å². The number of ether oxygens (including phenoxy) is 1. The van der Waals surface area contributed by atoms with E-state index in [1.54, 1.807) is 0 Å². The highest BCUT2D eigenvalue weighted by Crippen LogP contribution is 2.52. The van der Waals surface area contributed by atoms with Crippen LogP contribution in [0.4, 0.5) is 0 Å². The van der Waals surface area contributed by atoms with Crippen molar-refractivity contribution >= 4 is 58.6 Å². The van der Waals surface area contributed by atoms with Gasteiger partial charge in [-0.1, -0.05) is 34.8 Å². The third kappa shape index (κ3) is 1.87. The molecule has 3 fully saturated rings. The lowest BCUT2D eigenvalue weighted by Crippen LogP contribution is -2.30. The number of imide groups is 1. The molecule has 0 radical (unpaired) electrons. The molecule has 2 bridgehead atoms. The Balaban J connectivity index is 1.86. The van der Waals surface area contributed by atoms with Crippen molar-refractivity contribution < 1.29 is 14.3 Å². The molecule has 8 heteroatoms. The maximum atomic E-state index is 12.1. The van der Waals surface area contributed by atoms with Gasteiger partial charge < -0.3 is 4.74 Å². The van der Waals surface area contributed by atoms with E-state index in [4.69, 9.17) is 39.5 Å². The third-order valence-corrected chi connectivity index (χ3v) is 4.81. The van der Waals surface area contributed by atoms with Gasteiger partial charge in [-0.2, -0.15) is 0 Å². The zero-order valence-corrected chi connectivity index (χ0v) is 11.5. The predicted molar refractivity (Wildman–Crippen MR) is 64.6 cm³/mol. The number of alkyl halides is 3. The summed E-state index contributed by atoms with van der Waals surface area (Å²) in [6.07, 6.45) is 1.39. The molecular weight excluding hydrogens is 309 g/mol. The van der Waals surface area contributed by atoms with Gasteiger partial charge >= 0.3 is 0 Å². The summed E-state index contributed by atoms with van der Waals surface area (Å²) in [4.78, 5) is 24.2. The van der Waals surface area contributed by atoms with Gasteiger partial charge in [0, 0.05) is 11.9 Å². The quantitative estimate of drug-likeness (QED) is 0.422. The predicted octanol–water partition coefficient (Wildman–Crippen LogP) is 2.12. The monoisotopic (exact) mass is 315 g/mol. The minimum absolute atomic E-state index is 0.137. The summed E-state index contributed by atoms with van der Waals surface area (Å²) < 4.78 is 4.87. The van der Waals surface area contributed by atoms with Gasteiger partial charge in [0.25, 0.3) is 3.12 Å². The van der Waals surface area contributed by atoms with Crippen LogP contribution in [-0.2, 0) is 14.3 Å². The standard InChI is InChI=1S/C9H8Cl3NO3S/c10-9(11,12)17-13-7(14)5-3-1-2-4(16-3)6(5)8(13)15/h3-6H,1-2H2/t3-,4+,5-,6+. The van der Waals surface area contributed by atoms with Crippen molar-refractivity contribution in [3.05, 3.63) is 0 Å². The van der Waals surface area contributed by atoms with Crippen LogP contribution in [0.25, 0.3) is 0 Å². The van der Waals surface area contributed by atoms with E-state index in [0.29, 0.717) is 11.9 Å². The molecule has 0 spiro atoms. The Bertz CT molecular complexity index is 371. The van der Waals surface area contributed by atoms with Crippen molar-refractivity contribution in [3.8, 4) is 0 Å². The Kier molecular flexibility index (Phi) is 2.84. The van der Waals surface area contributed by atoms with Gasteiger partial charge in [-0.3, -0.25) is 9.59 Å². The molecule has 4 atom stereocenters. The zero-order chi connectivity index (χ0) is 12.4. The molecule has 0 aromatic carbocycles. The van der Waals surface area contributed by atoms with Crippen molar-refractivity contribution in [2.45, 2.75) is 28.2 Å². The van der Waals surface area contributed by atoms with E-state index in [1.807, 2.05) is 0 Å².